The van der Waals surface area contributed by atoms with E-state index in [2.05, 4.69) is 196 Å². The molecule has 1 atom stereocenters. The van der Waals surface area contributed by atoms with Gasteiger partial charge in [0, 0.05) is 12.8 Å². The summed E-state index contributed by atoms with van der Waals surface area (Å²) in [7, 11) is 0. The normalized spacial score (nSPS) is 13.5. The minimum atomic E-state index is -0.790. The number of carbonyl (C=O) groups is 2. The lowest BCUT2D eigenvalue weighted by Gasteiger charge is -2.15. The van der Waals surface area contributed by atoms with Crippen molar-refractivity contribution < 1.29 is 24.2 Å². The molecule has 82 heavy (non-hydrogen) atoms. The molecule has 1 N–H and O–H groups in total. The lowest BCUT2D eigenvalue weighted by Crippen LogP contribution is -2.28. The predicted octanol–water partition coefficient (Wildman–Crippen LogP) is 23.4. The lowest BCUT2D eigenvalue weighted by atomic mass is 10.0. The van der Waals surface area contributed by atoms with Crippen molar-refractivity contribution in [3.8, 4) is 0 Å². The Morgan fingerprint density at radius 2 is 0.488 bits per heavy atom. The van der Waals surface area contributed by atoms with Crippen molar-refractivity contribution in [2.24, 2.45) is 0 Å². The molecule has 0 aromatic carbocycles. The SMILES string of the molecule is CC/C=C\C/C=C\C/C=C\C/C=C\C/C=C\C/C=C\C/C=C\C/C=C\C/C=C\CCCCCCCCCCCCCC(=O)OC(CO)COC(=O)CCCCCCCCCCCC/C=C\C/C=C\C/C=C\C/C=C\C/C=C\C/C=C\CC. The Bertz CT molecular complexity index is 1850. The second-order valence-corrected chi connectivity index (χ2v) is 21.4. The highest BCUT2D eigenvalue weighted by Crippen LogP contribution is 2.15. The number of hydrogen-bond donors (Lipinski definition) is 1. The molecule has 460 valence electrons. The molecule has 0 aromatic heterocycles. The van der Waals surface area contributed by atoms with Gasteiger partial charge in [0.25, 0.3) is 0 Å². The van der Waals surface area contributed by atoms with Gasteiger partial charge in [-0.25, -0.2) is 0 Å². The lowest BCUT2D eigenvalue weighted by molar-refractivity contribution is -0.161. The maximum Gasteiger partial charge on any atom is 0.306 e. The zero-order valence-corrected chi connectivity index (χ0v) is 52.7. The van der Waals surface area contributed by atoms with E-state index in [0.29, 0.717) is 12.8 Å². The van der Waals surface area contributed by atoms with Gasteiger partial charge in [-0.15, -0.1) is 0 Å². The van der Waals surface area contributed by atoms with Gasteiger partial charge >= 0.3 is 11.9 Å². The first-order valence-corrected chi connectivity index (χ1v) is 33.3. The summed E-state index contributed by atoms with van der Waals surface area (Å²) >= 11 is 0. The van der Waals surface area contributed by atoms with Crippen molar-refractivity contribution in [1.82, 2.24) is 0 Å². The molecule has 0 saturated carbocycles. The average molecular weight is 1130 g/mol. The number of rotatable bonds is 59. The molecule has 1 unspecified atom stereocenters. The average Bonchev–Trinajstić information content (AvgIpc) is 3.49. The van der Waals surface area contributed by atoms with Gasteiger partial charge in [-0.2, -0.15) is 0 Å². The van der Waals surface area contributed by atoms with Crippen LogP contribution in [0.4, 0.5) is 0 Å². The molecule has 0 spiro atoms. The first-order chi connectivity index (χ1) is 40.6. The summed E-state index contributed by atoms with van der Waals surface area (Å²) in [5, 5.41) is 9.70. The molecule has 0 bridgehead atoms. The molecule has 0 radical (unpaired) electrons. The molecule has 0 aliphatic heterocycles. The smallest absolute Gasteiger partial charge is 0.306 e. The van der Waals surface area contributed by atoms with E-state index < -0.39 is 6.10 Å². The minimum Gasteiger partial charge on any atom is -0.462 e. The number of carbonyl (C=O) groups excluding carboxylic acids is 2. The minimum absolute atomic E-state index is 0.0792. The fourth-order valence-corrected chi connectivity index (χ4v) is 8.79. The van der Waals surface area contributed by atoms with E-state index in [0.717, 1.165) is 135 Å². The summed E-state index contributed by atoms with van der Waals surface area (Å²) in [4.78, 5) is 24.6. The number of aliphatic hydroxyl groups is 1. The summed E-state index contributed by atoms with van der Waals surface area (Å²) in [6, 6.07) is 0. The summed E-state index contributed by atoms with van der Waals surface area (Å²) in [6.45, 7) is 3.91. The van der Waals surface area contributed by atoms with Gasteiger partial charge < -0.3 is 14.6 Å². The van der Waals surface area contributed by atoms with Crippen LogP contribution < -0.4 is 0 Å². The van der Waals surface area contributed by atoms with Crippen molar-refractivity contribution >= 4 is 11.9 Å². The van der Waals surface area contributed by atoms with Gasteiger partial charge in [0.05, 0.1) is 6.61 Å². The molecule has 0 saturated heterocycles. The molecule has 0 aliphatic rings. The van der Waals surface area contributed by atoms with Crippen LogP contribution in [0.3, 0.4) is 0 Å². The van der Waals surface area contributed by atoms with E-state index in [-0.39, 0.29) is 25.2 Å². The third kappa shape index (κ3) is 67.5. The van der Waals surface area contributed by atoms with Crippen molar-refractivity contribution in [3.05, 3.63) is 182 Å². The van der Waals surface area contributed by atoms with Gasteiger partial charge in [-0.1, -0.05) is 305 Å². The molecule has 5 heteroatoms. The van der Waals surface area contributed by atoms with Gasteiger partial charge in [0.15, 0.2) is 6.10 Å². The maximum absolute atomic E-state index is 12.4. The molecule has 0 heterocycles. The number of unbranched alkanes of at least 4 members (excludes halogenated alkanes) is 21. The summed E-state index contributed by atoms with van der Waals surface area (Å²) in [6.07, 6.45) is 110. The number of ether oxygens (including phenoxy) is 2. The summed E-state index contributed by atoms with van der Waals surface area (Å²) in [5.74, 6) is -0.606. The number of hydrogen-bond acceptors (Lipinski definition) is 5. The Labute approximate surface area is 505 Å². The topological polar surface area (TPSA) is 72.8 Å². The second kappa shape index (κ2) is 70.3. The van der Waals surface area contributed by atoms with Crippen molar-refractivity contribution in [2.75, 3.05) is 13.2 Å². The van der Waals surface area contributed by atoms with E-state index in [1.54, 1.807) is 0 Å². The van der Waals surface area contributed by atoms with Crippen LogP contribution in [0.2, 0.25) is 0 Å². The summed E-state index contributed by atoms with van der Waals surface area (Å²) < 4.78 is 10.7. The zero-order valence-electron chi connectivity index (χ0n) is 52.7. The molecule has 0 amide bonds. The number of allylic oxidation sites excluding steroid dienone is 30. The molecular formula is C77H122O5. The Morgan fingerprint density at radius 1 is 0.280 bits per heavy atom. The molecule has 0 fully saturated rings. The highest BCUT2D eigenvalue weighted by molar-refractivity contribution is 5.70. The van der Waals surface area contributed by atoms with Crippen LogP contribution in [0, 0.1) is 0 Å². The fourth-order valence-electron chi connectivity index (χ4n) is 8.79. The van der Waals surface area contributed by atoms with E-state index in [1.165, 1.54) is 109 Å². The van der Waals surface area contributed by atoms with E-state index in [4.69, 9.17) is 9.47 Å². The third-order valence-corrected chi connectivity index (χ3v) is 13.7. The molecule has 5 nitrogen and oxygen atoms in total. The predicted molar refractivity (Wildman–Crippen MR) is 361 cm³/mol. The monoisotopic (exact) mass is 1130 g/mol. The maximum atomic E-state index is 12.4. The molecule has 0 rings (SSSR count). The van der Waals surface area contributed by atoms with Crippen molar-refractivity contribution in [1.29, 1.82) is 0 Å². The van der Waals surface area contributed by atoms with Crippen molar-refractivity contribution in [2.45, 2.75) is 277 Å². The Kier molecular flexibility index (Phi) is 66.0. The van der Waals surface area contributed by atoms with E-state index in [1.807, 2.05) is 0 Å². The fraction of sp³-hybridized carbons (Fsp3) is 0.584. The number of esters is 2. The molecule has 0 aliphatic carbocycles. The van der Waals surface area contributed by atoms with Gasteiger partial charge in [0.1, 0.15) is 6.61 Å². The quantitative estimate of drug-likeness (QED) is 0.0373. The second-order valence-electron chi connectivity index (χ2n) is 21.4. The zero-order chi connectivity index (χ0) is 59.1. The molecule has 0 aromatic rings. The highest BCUT2D eigenvalue weighted by atomic mass is 16.6. The Balaban J connectivity index is 3.57. The van der Waals surface area contributed by atoms with Crippen LogP contribution in [0.25, 0.3) is 0 Å². The van der Waals surface area contributed by atoms with Crippen LogP contribution in [0.1, 0.15) is 271 Å². The van der Waals surface area contributed by atoms with Gasteiger partial charge in [-0.05, 0) is 135 Å². The van der Waals surface area contributed by atoms with Crippen LogP contribution in [-0.4, -0.2) is 36.4 Å². The molecular weight excluding hydrogens is 1000 g/mol. The van der Waals surface area contributed by atoms with Crippen LogP contribution in [0.5, 0.6) is 0 Å². The van der Waals surface area contributed by atoms with Crippen LogP contribution >= 0.6 is 0 Å². The summed E-state index contributed by atoms with van der Waals surface area (Å²) in [5.41, 5.74) is 0. The van der Waals surface area contributed by atoms with Gasteiger partial charge in [0.2, 0.25) is 0 Å². The highest BCUT2D eigenvalue weighted by Gasteiger charge is 2.16. The number of aliphatic hydroxyl groups excluding tert-OH is 1. The Morgan fingerprint density at radius 3 is 0.732 bits per heavy atom. The van der Waals surface area contributed by atoms with E-state index >= 15 is 0 Å². The first-order valence-electron chi connectivity index (χ1n) is 33.3. The van der Waals surface area contributed by atoms with Gasteiger partial charge in [-0.3, -0.25) is 9.59 Å². The van der Waals surface area contributed by atoms with E-state index in [9.17, 15) is 14.7 Å². The largest absolute Gasteiger partial charge is 0.462 e. The van der Waals surface area contributed by atoms with Crippen molar-refractivity contribution in [3.63, 3.8) is 0 Å². The third-order valence-electron chi connectivity index (χ3n) is 13.7. The van der Waals surface area contributed by atoms with Crippen LogP contribution in [0.15, 0.2) is 182 Å². The Hall–Kier alpha value is -5.00. The van der Waals surface area contributed by atoms with Crippen LogP contribution in [-0.2, 0) is 19.1 Å². The first kappa shape index (κ1) is 77.0. The standard InChI is InChI=1S/C77H122O5/c1-3-5-7-9-11-13-15-17-19-21-23-25-27-29-31-33-34-35-36-37-38-39-40-41-42-44-46-48-50-52-54-56-58-60-62-64-66-68-70-72-77(80)82-75(73-78)74-81-76(79)71-69-67-65-63-61-59-57-55-53-51-49-47-45-43-32-30-28-26-24-22-20-18-16-14-12-10-8-6-4-2/h5-8,11-14,17-20,23-26,29-32,34-35,37-38,40-41,44-47,75,78H,3-4,9-10,15-16,21-22,27-28,33,36,39,42-43,48-74H2,1-2H3/b7-5-,8-6-,13-11-,14-12-,19-17-,20-18-,25-23-,26-24-,31-29-,32-30-,35-34-,38-37-,41-40-,46-44-,47-45-.